The van der Waals surface area contributed by atoms with Crippen molar-refractivity contribution in [1.29, 1.82) is 0 Å². The summed E-state index contributed by atoms with van der Waals surface area (Å²) in [5, 5.41) is 0. The molecule has 3 heteroatoms. The van der Waals surface area contributed by atoms with E-state index < -0.39 is 0 Å². The van der Waals surface area contributed by atoms with Crippen LogP contribution in [0.5, 0.6) is 0 Å². The highest BCUT2D eigenvalue weighted by molar-refractivity contribution is 4.56. The highest BCUT2D eigenvalue weighted by atomic mass is 16.6. The molecule has 0 fully saturated rings. The van der Waals surface area contributed by atoms with Crippen LogP contribution in [-0.2, 0) is 14.2 Å². The van der Waals surface area contributed by atoms with E-state index >= 15 is 0 Å². The standard InChI is InChI=1S/C16H33O3/c1-6-7-8-9-10-11-17-15(4)13-19-16(5)12-18-14(2)3/h14-16H,2,6-13H2,1,3-5H3. The van der Waals surface area contributed by atoms with Crippen LogP contribution in [0, 0.1) is 6.92 Å². The molecule has 0 bridgehead atoms. The number of ether oxygens (including phenoxy) is 3. The molecular formula is C16H33O3. The van der Waals surface area contributed by atoms with Crippen LogP contribution in [-0.4, -0.2) is 38.1 Å². The summed E-state index contributed by atoms with van der Waals surface area (Å²) in [5.74, 6) is 0. The first-order valence-corrected chi connectivity index (χ1v) is 7.74. The normalized spacial score (nSPS) is 14.8. The Hall–Kier alpha value is -0.120. The average Bonchev–Trinajstić information content (AvgIpc) is 2.38. The van der Waals surface area contributed by atoms with Crippen molar-refractivity contribution in [3.63, 3.8) is 0 Å². The minimum atomic E-state index is 0.0165. The van der Waals surface area contributed by atoms with Gasteiger partial charge in [0, 0.05) is 6.61 Å². The zero-order valence-electron chi connectivity index (χ0n) is 13.3. The molecule has 0 spiro atoms. The Kier molecular flexibility index (Phi) is 12.8. The SMILES string of the molecule is [CH2]C(C)OCC(C)OCC(C)OCCCCCCC. The fraction of sp³-hybridized carbons (Fsp3) is 0.938. The molecule has 19 heavy (non-hydrogen) atoms. The van der Waals surface area contributed by atoms with Crippen molar-refractivity contribution in [2.24, 2.45) is 0 Å². The van der Waals surface area contributed by atoms with E-state index in [4.69, 9.17) is 14.2 Å². The Morgan fingerprint density at radius 2 is 1.37 bits per heavy atom. The summed E-state index contributed by atoms with van der Waals surface area (Å²) in [6.07, 6.45) is 6.64. The van der Waals surface area contributed by atoms with Crippen molar-refractivity contribution < 1.29 is 14.2 Å². The van der Waals surface area contributed by atoms with E-state index in [1.807, 2.05) is 13.8 Å². The van der Waals surface area contributed by atoms with Crippen molar-refractivity contribution in [3.8, 4) is 0 Å². The van der Waals surface area contributed by atoms with E-state index in [9.17, 15) is 0 Å². The molecule has 3 nitrogen and oxygen atoms in total. The smallest absolute Gasteiger partial charge is 0.0781 e. The number of hydrogen-bond acceptors (Lipinski definition) is 3. The average molecular weight is 273 g/mol. The van der Waals surface area contributed by atoms with Crippen LogP contribution in [0.25, 0.3) is 0 Å². The summed E-state index contributed by atoms with van der Waals surface area (Å²) in [4.78, 5) is 0. The third-order valence-electron chi connectivity index (χ3n) is 2.88. The van der Waals surface area contributed by atoms with Gasteiger partial charge in [-0.2, -0.15) is 0 Å². The van der Waals surface area contributed by atoms with Gasteiger partial charge < -0.3 is 14.2 Å². The summed E-state index contributed by atoms with van der Waals surface area (Å²) in [6, 6.07) is 0. The predicted octanol–water partition coefficient (Wildman–Crippen LogP) is 4.01. The Morgan fingerprint density at radius 3 is 2.00 bits per heavy atom. The first-order chi connectivity index (χ1) is 9.06. The highest BCUT2D eigenvalue weighted by Gasteiger charge is 2.08. The first kappa shape index (κ1) is 18.9. The second kappa shape index (κ2) is 12.9. The molecule has 0 N–H and O–H groups in total. The fourth-order valence-corrected chi connectivity index (χ4v) is 1.69. The fourth-order valence-electron chi connectivity index (χ4n) is 1.69. The maximum atomic E-state index is 5.72. The van der Waals surface area contributed by atoms with Gasteiger partial charge in [-0.05, 0) is 34.1 Å². The Bertz CT molecular complexity index is 183. The van der Waals surface area contributed by atoms with E-state index in [1.165, 1.54) is 25.7 Å². The second-order valence-electron chi connectivity index (χ2n) is 5.38. The zero-order valence-corrected chi connectivity index (χ0v) is 13.3. The molecule has 0 amide bonds. The summed E-state index contributed by atoms with van der Waals surface area (Å²) in [5.41, 5.74) is 0. The Balaban J connectivity index is 3.35. The van der Waals surface area contributed by atoms with Gasteiger partial charge in [0.1, 0.15) is 0 Å². The lowest BCUT2D eigenvalue weighted by molar-refractivity contribution is -0.0631. The third kappa shape index (κ3) is 14.1. The maximum Gasteiger partial charge on any atom is 0.0781 e. The van der Waals surface area contributed by atoms with Crippen molar-refractivity contribution >= 4 is 0 Å². The Labute approximate surface area is 120 Å². The minimum absolute atomic E-state index is 0.0165. The van der Waals surface area contributed by atoms with Gasteiger partial charge in [-0.3, -0.25) is 0 Å². The van der Waals surface area contributed by atoms with Crippen LogP contribution in [0.15, 0.2) is 0 Å². The molecule has 0 aliphatic rings. The zero-order chi connectivity index (χ0) is 14.5. The molecule has 115 valence electrons. The monoisotopic (exact) mass is 273 g/mol. The van der Waals surface area contributed by atoms with Gasteiger partial charge in [-0.15, -0.1) is 0 Å². The minimum Gasteiger partial charge on any atom is -0.376 e. The lowest BCUT2D eigenvalue weighted by Crippen LogP contribution is -2.24. The molecule has 0 aromatic carbocycles. The van der Waals surface area contributed by atoms with Crippen molar-refractivity contribution in [1.82, 2.24) is 0 Å². The van der Waals surface area contributed by atoms with Crippen LogP contribution < -0.4 is 0 Å². The highest BCUT2D eigenvalue weighted by Crippen LogP contribution is 2.04. The van der Waals surface area contributed by atoms with E-state index in [0.29, 0.717) is 13.2 Å². The van der Waals surface area contributed by atoms with Gasteiger partial charge in [0.25, 0.3) is 0 Å². The number of hydrogen-bond donors (Lipinski definition) is 0. The molecule has 0 saturated carbocycles. The molecule has 1 radical (unpaired) electrons. The van der Waals surface area contributed by atoms with Crippen molar-refractivity contribution in [2.45, 2.75) is 78.1 Å². The molecule has 0 aromatic rings. The molecule has 3 atom stereocenters. The van der Waals surface area contributed by atoms with Gasteiger partial charge in [-0.25, -0.2) is 0 Å². The number of rotatable bonds is 13. The van der Waals surface area contributed by atoms with Gasteiger partial charge in [0.2, 0.25) is 0 Å². The Morgan fingerprint density at radius 1 is 0.789 bits per heavy atom. The van der Waals surface area contributed by atoms with Gasteiger partial charge >= 0.3 is 0 Å². The largest absolute Gasteiger partial charge is 0.376 e. The lowest BCUT2D eigenvalue weighted by Gasteiger charge is -2.18. The number of unbranched alkanes of at least 4 members (excludes halogenated alkanes) is 4. The second-order valence-corrected chi connectivity index (χ2v) is 5.38. The van der Waals surface area contributed by atoms with E-state index in [1.54, 1.807) is 0 Å². The quantitative estimate of drug-likeness (QED) is 0.475. The van der Waals surface area contributed by atoms with E-state index in [0.717, 1.165) is 13.0 Å². The summed E-state index contributed by atoms with van der Waals surface area (Å²) in [6.45, 7) is 14.1. The summed E-state index contributed by atoms with van der Waals surface area (Å²) < 4.78 is 16.8. The van der Waals surface area contributed by atoms with Crippen LogP contribution in [0.4, 0.5) is 0 Å². The topological polar surface area (TPSA) is 27.7 Å². The molecule has 0 aromatic heterocycles. The van der Waals surface area contributed by atoms with E-state index in [2.05, 4.69) is 20.8 Å². The van der Waals surface area contributed by atoms with Crippen molar-refractivity contribution in [3.05, 3.63) is 6.92 Å². The van der Waals surface area contributed by atoms with Crippen molar-refractivity contribution in [2.75, 3.05) is 19.8 Å². The van der Waals surface area contributed by atoms with Gasteiger partial charge in [0.05, 0.1) is 31.5 Å². The van der Waals surface area contributed by atoms with Gasteiger partial charge in [0.15, 0.2) is 0 Å². The van der Waals surface area contributed by atoms with Crippen LogP contribution in [0.2, 0.25) is 0 Å². The molecule has 0 aliphatic heterocycles. The van der Waals surface area contributed by atoms with Crippen LogP contribution in [0.1, 0.15) is 59.8 Å². The van der Waals surface area contributed by atoms with E-state index in [-0.39, 0.29) is 18.3 Å². The molecule has 0 rings (SSSR count). The molecule has 0 aliphatic carbocycles. The summed E-state index contributed by atoms with van der Waals surface area (Å²) in [7, 11) is 0. The summed E-state index contributed by atoms with van der Waals surface area (Å²) >= 11 is 0. The molecule has 3 unspecified atom stereocenters. The predicted molar refractivity (Wildman–Crippen MR) is 80.4 cm³/mol. The lowest BCUT2D eigenvalue weighted by atomic mass is 10.2. The molecule has 0 saturated heterocycles. The third-order valence-corrected chi connectivity index (χ3v) is 2.88. The first-order valence-electron chi connectivity index (χ1n) is 7.74. The van der Waals surface area contributed by atoms with Crippen LogP contribution in [0.3, 0.4) is 0 Å². The molecular weight excluding hydrogens is 240 g/mol. The van der Waals surface area contributed by atoms with Gasteiger partial charge in [-0.1, -0.05) is 32.6 Å². The van der Waals surface area contributed by atoms with Crippen LogP contribution >= 0.6 is 0 Å². The molecule has 0 heterocycles. The maximum absolute atomic E-state index is 5.72.